The second-order valence-electron chi connectivity index (χ2n) is 7.20. The predicted molar refractivity (Wildman–Crippen MR) is 120 cm³/mol. The number of rotatable bonds is 5. The van der Waals surface area contributed by atoms with E-state index in [1.165, 1.54) is 10.6 Å². The summed E-state index contributed by atoms with van der Waals surface area (Å²) >= 11 is 0. The van der Waals surface area contributed by atoms with Crippen LogP contribution in [0.4, 0.5) is 0 Å². The number of aryl methyl sites for hydroxylation is 5. The molecule has 0 amide bonds. The first-order valence-corrected chi connectivity index (χ1v) is 10.7. The molecule has 0 aliphatic rings. The van der Waals surface area contributed by atoms with Crippen LogP contribution in [0.2, 0.25) is 0 Å². The molecule has 0 bridgehead atoms. The number of hydrogen-bond acceptors (Lipinski definition) is 3. The lowest BCUT2D eigenvalue weighted by Gasteiger charge is -2.22. The van der Waals surface area contributed by atoms with Crippen LogP contribution < -0.4 is 25.5 Å². The number of hydrogen-bond donors (Lipinski definition) is 0. The Balaban J connectivity index is 2.26. The Morgan fingerprint density at radius 2 is 1.11 bits per heavy atom. The van der Waals surface area contributed by atoms with Gasteiger partial charge >= 0.3 is 0 Å². The highest BCUT2D eigenvalue weighted by Gasteiger charge is 2.22. The maximum Gasteiger partial charge on any atom is 0.124 e. The van der Waals surface area contributed by atoms with Crippen molar-refractivity contribution < 1.29 is 9.47 Å². The molecule has 3 nitrogen and oxygen atoms in total. The van der Waals surface area contributed by atoms with Gasteiger partial charge in [0.25, 0.3) is 0 Å². The fourth-order valence-electron chi connectivity index (χ4n) is 3.82. The molecule has 0 aliphatic carbocycles. The van der Waals surface area contributed by atoms with Crippen molar-refractivity contribution in [2.75, 3.05) is 14.2 Å². The molecular formula is C24H28NO2P. The maximum absolute atomic E-state index is 5.58. The van der Waals surface area contributed by atoms with E-state index in [4.69, 9.17) is 14.5 Å². The van der Waals surface area contributed by atoms with Gasteiger partial charge < -0.3 is 9.47 Å². The van der Waals surface area contributed by atoms with Crippen molar-refractivity contribution in [1.29, 1.82) is 0 Å². The van der Waals surface area contributed by atoms with Crippen LogP contribution in [0.3, 0.4) is 0 Å². The zero-order valence-electron chi connectivity index (χ0n) is 17.8. The Morgan fingerprint density at radius 1 is 0.679 bits per heavy atom. The second-order valence-corrected chi connectivity index (χ2v) is 9.36. The molecule has 0 saturated carbocycles. The molecule has 2 aromatic carbocycles. The molecule has 3 rings (SSSR count). The summed E-state index contributed by atoms with van der Waals surface area (Å²) in [5.74, 6) is 1.91. The van der Waals surface area contributed by atoms with Crippen LogP contribution in [0.5, 0.6) is 11.5 Å². The minimum Gasteiger partial charge on any atom is -0.496 e. The zero-order chi connectivity index (χ0) is 20.4. The number of ether oxygens (including phenoxy) is 2. The van der Waals surface area contributed by atoms with E-state index in [1.807, 2.05) is 13.0 Å². The summed E-state index contributed by atoms with van der Waals surface area (Å²) in [5, 5.41) is 2.57. The van der Waals surface area contributed by atoms with E-state index in [1.54, 1.807) is 14.2 Å². The van der Waals surface area contributed by atoms with E-state index < -0.39 is 7.92 Å². The number of benzene rings is 2. The fraction of sp³-hybridized carbons (Fsp3) is 0.292. The summed E-state index contributed by atoms with van der Waals surface area (Å²) in [7, 11) is 2.68. The van der Waals surface area contributed by atoms with Gasteiger partial charge in [-0.1, -0.05) is 6.07 Å². The number of pyridine rings is 1. The molecule has 4 heteroatoms. The van der Waals surface area contributed by atoms with Crippen LogP contribution in [0, 0.1) is 34.6 Å². The van der Waals surface area contributed by atoms with Gasteiger partial charge in [0.05, 0.1) is 19.7 Å². The molecule has 0 N–H and O–H groups in total. The van der Waals surface area contributed by atoms with E-state index in [0.29, 0.717) is 0 Å². The van der Waals surface area contributed by atoms with Crippen molar-refractivity contribution >= 4 is 24.0 Å². The Hall–Kier alpha value is -2.38. The Bertz CT molecular complexity index is 908. The smallest absolute Gasteiger partial charge is 0.124 e. The quantitative estimate of drug-likeness (QED) is 0.602. The van der Waals surface area contributed by atoms with Crippen LogP contribution in [0.25, 0.3) is 0 Å². The summed E-state index contributed by atoms with van der Waals surface area (Å²) in [5.41, 5.74) is 6.76. The molecule has 3 aromatic rings. The van der Waals surface area contributed by atoms with Gasteiger partial charge in [-0.15, -0.1) is 0 Å². The van der Waals surface area contributed by atoms with Gasteiger partial charge in [-0.3, -0.25) is 4.98 Å². The summed E-state index contributed by atoms with van der Waals surface area (Å²) in [6.45, 7) is 10.5. The summed E-state index contributed by atoms with van der Waals surface area (Å²) in [4.78, 5) is 4.90. The molecule has 1 heterocycles. The molecule has 0 aliphatic heterocycles. The summed E-state index contributed by atoms with van der Waals surface area (Å²) in [6.07, 6.45) is 0. The normalized spacial score (nSPS) is 11.0. The first-order chi connectivity index (χ1) is 13.3. The van der Waals surface area contributed by atoms with E-state index in [-0.39, 0.29) is 0 Å². The molecule has 0 fully saturated rings. The van der Waals surface area contributed by atoms with Crippen molar-refractivity contribution in [3.8, 4) is 11.5 Å². The average Bonchev–Trinajstić information content (AvgIpc) is 2.61. The summed E-state index contributed by atoms with van der Waals surface area (Å²) < 4.78 is 11.2. The van der Waals surface area contributed by atoms with Gasteiger partial charge in [-0.05, 0) is 104 Å². The third-order valence-electron chi connectivity index (χ3n) is 4.92. The maximum atomic E-state index is 5.58. The first-order valence-electron chi connectivity index (χ1n) is 9.40. The molecule has 0 atom stereocenters. The largest absolute Gasteiger partial charge is 0.496 e. The monoisotopic (exact) mass is 393 g/mol. The van der Waals surface area contributed by atoms with E-state index in [9.17, 15) is 0 Å². The molecule has 0 spiro atoms. The number of nitrogens with zero attached hydrogens (tertiary/aromatic N) is 1. The number of aromatic nitrogens is 1. The molecule has 0 unspecified atom stereocenters. The molecule has 146 valence electrons. The lowest BCUT2D eigenvalue weighted by atomic mass is 10.1. The van der Waals surface area contributed by atoms with Crippen LogP contribution >= 0.6 is 7.92 Å². The lowest BCUT2D eigenvalue weighted by molar-refractivity contribution is 0.408. The van der Waals surface area contributed by atoms with Gasteiger partial charge in [0.15, 0.2) is 0 Å². The van der Waals surface area contributed by atoms with E-state index in [0.717, 1.165) is 44.9 Å². The molecule has 1 aromatic heterocycles. The lowest BCUT2D eigenvalue weighted by Crippen LogP contribution is -2.24. The van der Waals surface area contributed by atoms with Gasteiger partial charge in [0.2, 0.25) is 0 Å². The van der Waals surface area contributed by atoms with Crippen LogP contribution in [-0.4, -0.2) is 19.2 Å². The van der Waals surface area contributed by atoms with Crippen molar-refractivity contribution in [1.82, 2.24) is 4.98 Å². The van der Waals surface area contributed by atoms with Crippen molar-refractivity contribution in [3.63, 3.8) is 0 Å². The zero-order valence-corrected chi connectivity index (χ0v) is 18.6. The second kappa shape index (κ2) is 8.32. The van der Waals surface area contributed by atoms with Gasteiger partial charge in [0.1, 0.15) is 11.5 Å². The van der Waals surface area contributed by atoms with Crippen LogP contribution in [-0.2, 0) is 0 Å². The van der Waals surface area contributed by atoms with Gasteiger partial charge in [0, 0.05) is 13.6 Å². The highest BCUT2D eigenvalue weighted by molar-refractivity contribution is 7.79. The summed E-state index contributed by atoms with van der Waals surface area (Å²) in [6, 6.07) is 15.3. The third-order valence-corrected chi connectivity index (χ3v) is 7.17. The Labute approximate surface area is 169 Å². The fourth-order valence-corrected chi connectivity index (χ4v) is 6.43. The molecule has 0 saturated heterocycles. The number of methoxy groups -OCH3 is 2. The van der Waals surface area contributed by atoms with Crippen molar-refractivity contribution in [2.24, 2.45) is 0 Å². The van der Waals surface area contributed by atoms with Gasteiger partial charge in [-0.25, -0.2) is 0 Å². The molecule has 28 heavy (non-hydrogen) atoms. The first kappa shape index (κ1) is 20.4. The van der Waals surface area contributed by atoms with Gasteiger partial charge in [-0.2, -0.15) is 0 Å². The van der Waals surface area contributed by atoms with Crippen LogP contribution in [0.1, 0.15) is 27.9 Å². The molecular weight excluding hydrogens is 365 g/mol. The molecule has 0 radical (unpaired) electrons. The highest BCUT2D eigenvalue weighted by atomic mass is 31.1. The Morgan fingerprint density at radius 3 is 1.46 bits per heavy atom. The highest BCUT2D eigenvalue weighted by Crippen LogP contribution is 2.37. The van der Waals surface area contributed by atoms with Crippen LogP contribution in [0.15, 0.2) is 42.5 Å². The SMILES string of the molecule is COc1c(C)cc(P(c2cc(C)c(OC)c(C)c2)c2cccc(C)n2)cc1C. The van der Waals surface area contributed by atoms with Crippen molar-refractivity contribution in [3.05, 3.63) is 70.4 Å². The Kier molecular flexibility index (Phi) is 6.05. The average molecular weight is 393 g/mol. The van der Waals surface area contributed by atoms with E-state index >= 15 is 0 Å². The standard InChI is InChI=1S/C24H28NO2P/c1-15-11-20(12-16(2)23(15)26-6)28(22-10-8-9-19(5)25-22)21-13-17(3)24(27-7)18(4)14-21/h8-14H,1-7H3. The van der Waals surface area contributed by atoms with Crippen molar-refractivity contribution in [2.45, 2.75) is 34.6 Å². The topological polar surface area (TPSA) is 31.4 Å². The minimum absolute atomic E-state index is 0.784. The predicted octanol–water partition coefficient (Wildman–Crippen LogP) is 4.40. The van der Waals surface area contributed by atoms with E-state index in [2.05, 4.69) is 64.1 Å². The third kappa shape index (κ3) is 3.91. The minimum atomic E-state index is -0.784.